The van der Waals surface area contributed by atoms with E-state index in [4.69, 9.17) is 4.74 Å². The van der Waals surface area contributed by atoms with Gasteiger partial charge in [-0.05, 0) is 46.1 Å². The summed E-state index contributed by atoms with van der Waals surface area (Å²) in [6.07, 6.45) is 4.58. The zero-order valence-corrected chi connectivity index (χ0v) is 17.3. The van der Waals surface area contributed by atoms with E-state index in [1.54, 1.807) is 0 Å². The number of ether oxygens (including phenoxy) is 1. The fraction of sp³-hybridized carbons (Fsp3) is 0.682. The van der Waals surface area contributed by atoms with Crippen LogP contribution in [-0.4, -0.2) is 41.0 Å². The first-order chi connectivity index (χ1) is 12.7. The van der Waals surface area contributed by atoms with Gasteiger partial charge in [0.2, 0.25) is 0 Å². The monoisotopic (exact) mass is 376 g/mol. The Morgan fingerprint density at radius 2 is 1.81 bits per heavy atom. The molecule has 0 radical (unpaired) electrons. The molecule has 0 bridgehead atoms. The molecule has 5 heteroatoms. The molecule has 2 atom stereocenters. The van der Waals surface area contributed by atoms with Crippen LogP contribution in [-0.2, 0) is 11.2 Å². The van der Waals surface area contributed by atoms with Crippen molar-refractivity contribution in [1.29, 1.82) is 0 Å². The molecule has 1 fully saturated rings. The summed E-state index contributed by atoms with van der Waals surface area (Å²) in [7, 11) is 0. The number of carbonyl (C=O) groups is 1. The van der Waals surface area contributed by atoms with Gasteiger partial charge in [0.1, 0.15) is 12.2 Å². The fourth-order valence-corrected chi connectivity index (χ4v) is 3.57. The Morgan fingerprint density at radius 3 is 2.41 bits per heavy atom. The van der Waals surface area contributed by atoms with Gasteiger partial charge in [0.25, 0.3) is 0 Å². The molecule has 5 nitrogen and oxygen atoms in total. The molecule has 0 heterocycles. The van der Waals surface area contributed by atoms with Gasteiger partial charge in [0.15, 0.2) is 0 Å². The van der Waals surface area contributed by atoms with E-state index in [2.05, 4.69) is 17.6 Å². The molecule has 1 saturated carbocycles. The maximum Gasteiger partial charge on any atom is 0.407 e. The average Bonchev–Trinajstić information content (AvgIpc) is 2.59. The Hall–Kier alpha value is -1.59. The molecule has 0 spiro atoms. The quantitative estimate of drug-likeness (QED) is 0.677. The Kier molecular flexibility index (Phi) is 7.68. The second-order valence-corrected chi connectivity index (χ2v) is 9.08. The molecule has 1 aromatic carbocycles. The van der Waals surface area contributed by atoms with Crippen molar-refractivity contribution in [2.45, 2.75) is 89.5 Å². The van der Waals surface area contributed by atoms with Crippen molar-refractivity contribution in [3.05, 3.63) is 35.9 Å². The smallest absolute Gasteiger partial charge is 0.407 e. The third-order valence-electron chi connectivity index (χ3n) is 5.14. The summed E-state index contributed by atoms with van der Waals surface area (Å²) in [5.41, 5.74) is 0.714. The molecule has 27 heavy (non-hydrogen) atoms. The van der Waals surface area contributed by atoms with E-state index in [1.807, 2.05) is 51.1 Å². The minimum atomic E-state index is -0.769. The van der Waals surface area contributed by atoms with Gasteiger partial charge in [-0.25, -0.2) is 4.79 Å². The van der Waals surface area contributed by atoms with Crippen molar-refractivity contribution in [2.24, 2.45) is 0 Å². The highest BCUT2D eigenvalue weighted by Crippen LogP contribution is 2.27. The van der Waals surface area contributed by atoms with Crippen LogP contribution in [0.3, 0.4) is 0 Å². The average molecular weight is 377 g/mol. The minimum absolute atomic E-state index is 0.0597. The molecular weight excluding hydrogens is 340 g/mol. The summed E-state index contributed by atoms with van der Waals surface area (Å²) in [5, 5.41) is 17.1. The number of aliphatic hydroxyl groups is 1. The zero-order valence-electron chi connectivity index (χ0n) is 17.3. The van der Waals surface area contributed by atoms with Gasteiger partial charge in [-0.1, -0.05) is 49.6 Å². The lowest BCUT2D eigenvalue weighted by Gasteiger charge is -2.36. The SMILES string of the molecule is CC(C)(C)NC(=O)O[C@@H](Cc1ccccc1)[C@H](O)CNC1(C)CCCCC1. The first kappa shape index (κ1) is 21.7. The van der Waals surface area contributed by atoms with Crippen LogP contribution in [0.2, 0.25) is 0 Å². The third kappa shape index (κ3) is 7.89. The second kappa shape index (κ2) is 9.56. The Morgan fingerprint density at radius 1 is 1.19 bits per heavy atom. The number of β-amino-alcohol motifs (C(OH)–C–C–N with tert-alkyl or cyclic N) is 1. The van der Waals surface area contributed by atoms with Crippen molar-refractivity contribution in [2.75, 3.05) is 6.54 Å². The van der Waals surface area contributed by atoms with Gasteiger partial charge in [-0.15, -0.1) is 0 Å². The van der Waals surface area contributed by atoms with Gasteiger partial charge in [0.05, 0.1) is 0 Å². The van der Waals surface area contributed by atoms with E-state index in [-0.39, 0.29) is 11.1 Å². The number of hydrogen-bond donors (Lipinski definition) is 3. The van der Waals surface area contributed by atoms with Gasteiger partial charge >= 0.3 is 6.09 Å². The summed E-state index contributed by atoms with van der Waals surface area (Å²) in [4.78, 5) is 12.3. The molecule has 1 aliphatic carbocycles. The summed E-state index contributed by atoms with van der Waals surface area (Å²) in [6.45, 7) is 8.35. The lowest BCUT2D eigenvalue weighted by Crippen LogP contribution is -2.51. The zero-order chi connectivity index (χ0) is 19.9. The normalized spacial score (nSPS) is 19.1. The molecule has 0 saturated heterocycles. The second-order valence-electron chi connectivity index (χ2n) is 9.08. The summed E-state index contributed by atoms with van der Waals surface area (Å²) >= 11 is 0. The number of hydrogen-bond acceptors (Lipinski definition) is 4. The number of benzene rings is 1. The molecule has 3 N–H and O–H groups in total. The van der Waals surface area contributed by atoms with Crippen LogP contribution in [0, 0.1) is 0 Å². The molecule has 0 aliphatic heterocycles. The van der Waals surface area contributed by atoms with Gasteiger partial charge in [-0.3, -0.25) is 0 Å². The van der Waals surface area contributed by atoms with Crippen LogP contribution in [0.4, 0.5) is 4.79 Å². The van der Waals surface area contributed by atoms with Crippen LogP contribution in [0.15, 0.2) is 30.3 Å². The van der Waals surface area contributed by atoms with Crippen LogP contribution in [0.5, 0.6) is 0 Å². The highest BCUT2D eigenvalue weighted by Gasteiger charge is 2.30. The number of carbonyl (C=O) groups excluding carboxylic acids is 1. The molecule has 1 aliphatic rings. The summed E-state index contributed by atoms with van der Waals surface area (Å²) in [5.74, 6) is 0. The number of aliphatic hydroxyl groups excluding tert-OH is 1. The third-order valence-corrected chi connectivity index (χ3v) is 5.14. The van der Waals surface area contributed by atoms with Crippen molar-refractivity contribution < 1.29 is 14.6 Å². The molecule has 2 rings (SSSR count). The van der Waals surface area contributed by atoms with E-state index < -0.39 is 18.3 Å². The van der Waals surface area contributed by atoms with Gasteiger partial charge < -0.3 is 20.5 Å². The summed E-state index contributed by atoms with van der Waals surface area (Å²) in [6, 6.07) is 9.83. The van der Waals surface area contributed by atoms with E-state index >= 15 is 0 Å². The highest BCUT2D eigenvalue weighted by molar-refractivity contribution is 5.68. The Bertz CT molecular complexity index is 577. The maximum atomic E-state index is 12.3. The molecule has 0 aromatic heterocycles. The molecule has 1 aromatic rings. The standard InChI is InChI=1S/C22H36N2O3/c1-21(2,3)24-20(26)27-19(15-17-11-7-5-8-12-17)18(25)16-23-22(4)13-9-6-10-14-22/h5,7-8,11-12,18-19,23,25H,6,9-10,13-16H2,1-4H3,(H,24,26)/t18-,19+/m1/s1. The topological polar surface area (TPSA) is 70.6 Å². The van der Waals surface area contributed by atoms with E-state index in [9.17, 15) is 9.90 Å². The number of alkyl carbamates (subject to hydrolysis) is 1. The van der Waals surface area contributed by atoms with Gasteiger partial charge in [0, 0.05) is 24.0 Å². The highest BCUT2D eigenvalue weighted by atomic mass is 16.6. The van der Waals surface area contributed by atoms with E-state index in [1.165, 1.54) is 19.3 Å². The predicted molar refractivity (Wildman–Crippen MR) is 109 cm³/mol. The minimum Gasteiger partial charge on any atom is -0.443 e. The van der Waals surface area contributed by atoms with Crippen LogP contribution in [0.25, 0.3) is 0 Å². The lowest BCUT2D eigenvalue weighted by molar-refractivity contribution is -0.00265. The van der Waals surface area contributed by atoms with Crippen molar-refractivity contribution in [3.63, 3.8) is 0 Å². The maximum absolute atomic E-state index is 12.3. The van der Waals surface area contributed by atoms with Crippen molar-refractivity contribution >= 4 is 6.09 Å². The van der Waals surface area contributed by atoms with Crippen LogP contribution in [0.1, 0.15) is 65.4 Å². The number of amides is 1. The Labute approximate surface area is 163 Å². The summed E-state index contributed by atoms with van der Waals surface area (Å²) < 4.78 is 5.63. The van der Waals surface area contributed by atoms with Crippen LogP contribution >= 0.6 is 0 Å². The number of nitrogens with one attached hydrogen (secondary N) is 2. The first-order valence-electron chi connectivity index (χ1n) is 10.1. The molecule has 1 amide bonds. The van der Waals surface area contributed by atoms with E-state index in [0.717, 1.165) is 18.4 Å². The first-order valence-corrected chi connectivity index (χ1v) is 10.1. The predicted octanol–water partition coefficient (Wildman–Crippen LogP) is 3.80. The number of rotatable bonds is 7. The molecule has 0 unspecified atom stereocenters. The largest absolute Gasteiger partial charge is 0.443 e. The Balaban J connectivity index is 1.99. The van der Waals surface area contributed by atoms with Crippen molar-refractivity contribution in [1.82, 2.24) is 10.6 Å². The van der Waals surface area contributed by atoms with Crippen LogP contribution < -0.4 is 10.6 Å². The lowest BCUT2D eigenvalue weighted by atomic mass is 9.83. The fourth-order valence-electron chi connectivity index (χ4n) is 3.57. The molecular formula is C22H36N2O3. The van der Waals surface area contributed by atoms with E-state index in [0.29, 0.717) is 13.0 Å². The van der Waals surface area contributed by atoms with Crippen molar-refractivity contribution in [3.8, 4) is 0 Å². The molecule has 152 valence electrons. The van der Waals surface area contributed by atoms with Gasteiger partial charge in [-0.2, -0.15) is 0 Å².